The molecule has 90 valence electrons. The third kappa shape index (κ3) is 3.74. The molecular weight excluding hydrogens is 186 g/mol. The van der Waals surface area contributed by atoms with Gasteiger partial charge in [0.25, 0.3) is 0 Å². The Morgan fingerprint density at radius 1 is 1.07 bits per heavy atom. The van der Waals surface area contributed by atoms with Crippen LogP contribution in [0, 0.1) is 5.41 Å². The highest BCUT2D eigenvalue weighted by Crippen LogP contribution is 2.21. The van der Waals surface area contributed by atoms with Crippen LogP contribution in [0.5, 0.6) is 0 Å². The molecule has 2 N–H and O–H groups in total. The third-order valence-electron chi connectivity index (χ3n) is 3.86. The third-order valence-corrected chi connectivity index (χ3v) is 3.86. The zero-order valence-corrected chi connectivity index (χ0v) is 10.6. The van der Waals surface area contributed by atoms with Crippen molar-refractivity contribution in [1.82, 2.24) is 9.80 Å². The van der Waals surface area contributed by atoms with E-state index in [1.807, 2.05) is 0 Å². The molecule has 0 saturated carbocycles. The Balaban J connectivity index is 2.34. The first-order chi connectivity index (χ1) is 7.13. The quantitative estimate of drug-likeness (QED) is 0.739. The summed E-state index contributed by atoms with van der Waals surface area (Å²) >= 11 is 0. The minimum Gasteiger partial charge on any atom is -0.330 e. The Hall–Kier alpha value is -0.120. The van der Waals surface area contributed by atoms with Gasteiger partial charge >= 0.3 is 0 Å². The van der Waals surface area contributed by atoms with Crippen molar-refractivity contribution in [2.24, 2.45) is 11.1 Å². The number of likely N-dealkylation sites (N-methyl/N-ethyl adjacent to an activating group) is 1. The Bertz CT molecular complexity index is 170. The molecule has 1 unspecified atom stereocenters. The van der Waals surface area contributed by atoms with E-state index < -0.39 is 0 Å². The second kappa shape index (κ2) is 5.83. The molecule has 0 bridgehead atoms. The van der Waals surface area contributed by atoms with Crippen molar-refractivity contribution in [1.29, 1.82) is 0 Å². The normalized spacial score (nSPS) is 24.0. The maximum absolute atomic E-state index is 5.85. The minimum atomic E-state index is 0.314. The molecule has 15 heavy (non-hydrogen) atoms. The summed E-state index contributed by atoms with van der Waals surface area (Å²) in [7, 11) is 0. The monoisotopic (exact) mass is 213 g/mol. The fourth-order valence-electron chi connectivity index (χ4n) is 2.12. The number of nitrogens with zero attached hydrogens (tertiary/aromatic N) is 2. The average molecular weight is 213 g/mol. The number of hydrogen-bond acceptors (Lipinski definition) is 3. The van der Waals surface area contributed by atoms with E-state index in [2.05, 4.69) is 30.6 Å². The van der Waals surface area contributed by atoms with Gasteiger partial charge in [-0.15, -0.1) is 0 Å². The average Bonchev–Trinajstić information content (AvgIpc) is 2.30. The van der Waals surface area contributed by atoms with Crippen LogP contribution in [0.2, 0.25) is 0 Å². The molecule has 1 aliphatic heterocycles. The summed E-state index contributed by atoms with van der Waals surface area (Å²) < 4.78 is 0. The molecule has 1 saturated heterocycles. The first-order valence-electron chi connectivity index (χ1n) is 6.28. The summed E-state index contributed by atoms with van der Waals surface area (Å²) in [6, 6.07) is 0. The maximum atomic E-state index is 5.85. The lowest BCUT2D eigenvalue weighted by atomic mass is 9.87. The van der Waals surface area contributed by atoms with Crippen LogP contribution in [-0.4, -0.2) is 55.6 Å². The Morgan fingerprint density at radius 3 is 2.00 bits per heavy atom. The Labute approximate surface area is 94.6 Å². The molecule has 1 fully saturated rings. The molecule has 1 rings (SSSR count). The topological polar surface area (TPSA) is 32.5 Å². The van der Waals surface area contributed by atoms with Crippen LogP contribution in [0.15, 0.2) is 0 Å². The fourth-order valence-corrected chi connectivity index (χ4v) is 2.12. The SMILES string of the molecule is CCN1CCN(CC(C)(CC)CN)CC1. The molecule has 3 heteroatoms. The molecule has 0 aromatic heterocycles. The number of nitrogens with two attached hydrogens (primary N) is 1. The van der Waals surface area contributed by atoms with Gasteiger partial charge in [-0.3, -0.25) is 0 Å². The largest absolute Gasteiger partial charge is 0.330 e. The standard InChI is InChI=1S/C12H27N3/c1-4-12(3,10-13)11-15-8-6-14(5-2)7-9-15/h4-11,13H2,1-3H3. The van der Waals surface area contributed by atoms with E-state index in [-0.39, 0.29) is 0 Å². The van der Waals surface area contributed by atoms with Crippen LogP contribution in [0.4, 0.5) is 0 Å². The molecule has 0 amide bonds. The van der Waals surface area contributed by atoms with Crippen LogP contribution in [0.25, 0.3) is 0 Å². The van der Waals surface area contributed by atoms with E-state index in [4.69, 9.17) is 5.73 Å². The molecule has 1 heterocycles. The Kier molecular flexibility index (Phi) is 5.03. The van der Waals surface area contributed by atoms with Gasteiger partial charge < -0.3 is 15.5 Å². The predicted molar refractivity (Wildman–Crippen MR) is 66.0 cm³/mol. The second-order valence-corrected chi connectivity index (χ2v) is 5.08. The maximum Gasteiger partial charge on any atom is 0.0110 e. The van der Waals surface area contributed by atoms with Crippen LogP contribution in [0.3, 0.4) is 0 Å². The van der Waals surface area contributed by atoms with E-state index in [1.54, 1.807) is 0 Å². The van der Waals surface area contributed by atoms with Gasteiger partial charge in [-0.25, -0.2) is 0 Å². The van der Waals surface area contributed by atoms with E-state index >= 15 is 0 Å². The molecule has 0 radical (unpaired) electrons. The van der Waals surface area contributed by atoms with Gasteiger partial charge in [0.05, 0.1) is 0 Å². The van der Waals surface area contributed by atoms with Crippen molar-refractivity contribution in [2.45, 2.75) is 27.2 Å². The van der Waals surface area contributed by atoms with E-state index in [0.717, 1.165) is 13.1 Å². The molecule has 0 aromatic rings. The van der Waals surface area contributed by atoms with Crippen molar-refractivity contribution < 1.29 is 0 Å². The lowest BCUT2D eigenvalue weighted by Gasteiger charge is -2.39. The summed E-state index contributed by atoms with van der Waals surface area (Å²) in [5.41, 5.74) is 6.16. The van der Waals surface area contributed by atoms with Gasteiger partial charge in [0.2, 0.25) is 0 Å². The molecule has 0 aliphatic carbocycles. The van der Waals surface area contributed by atoms with Crippen LogP contribution in [-0.2, 0) is 0 Å². The summed E-state index contributed by atoms with van der Waals surface area (Å²) in [5, 5.41) is 0. The van der Waals surface area contributed by atoms with Crippen LogP contribution >= 0.6 is 0 Å². The molecule has 1 atom stereocenters. The summed E-state index contributed by atoms with van der Waals surface area (Å²) in [5.74, 6) is 0. The number of rotatable bonds is 5. The van der Waals surface area contributed by atoms with Crippen LogP contribution in [0.1, 0.15) is 27.2 Å². The summed E-state index contributed by atoms with van der Waals surface area (Å²) in [6.45, 7) is 14.8. The molecule has 0 spiro atoms. The second-order valence-electron chi connectivity index (χ2n) is 5.08. The van der Waals surface area contributed by atoms with Crippen molar-refractivity contribution in [3.63, 3.8) is 0 Å². The van der Waals surface area contributed by atoms with Gasteiger partial charge in [-0.1, -0.05) is 20.8 Å². The zero-order chi connectivity index (χ0) is 11.3. The highest BCUT2D eigenvalue weighted by atomic mass is 15.3. The number of hydrogen-bond donors (Lipinski definition) is 1. The van der Waals surface area contributed by atoms with Crippen LogP contribution < -0.4 is 5.73 Å². The first-order valence-corrected chi connectivity index (χ1v) is 6.28. The predicted octanol–water partition coefficient (Wildman–Crippen LogP) is 0.999. The first kappa shape index (κ1) is 12.9. The smallest absolute Gasteiger partial charge is 0.0110 e. The van der Waals surface area contributed by atoms with Gasteiger partial charge in [0.1, 0.15) is 0 Å². The van der Waals surface area contributed by atoms with E-state index in [0.29, 0.717) is 5.41 Å². The van der Waals surface area contributed by atoms with Gasteiger partial charge in [-0.2, -0.15) is 0 Å². The minimum absolute atomic E-state index is 0.314. The molecular formula is C12H27N3. The lowest BCUT2D eigenvalue weighted by Crippen LogP contribution is -2.50. The number of piperazine rings is 1. The van der Waals surface area contributed by atoms with Crippen molar-refractivity contribution >= 4 is 0 Å². The molecule has 1 aliphatic rings. The molecule has 0 aromatic carbocycles. The van der Waals surface area contributed by atoms with E-state index in [9.17, 15) is 0 Å². The highest BCUT2D eigenvalue weighted by Gasteiger charge is 2.25. The summed E-state index contributed by atoms with van der Waals surface area (Å²) in [4.78, 5) is 5.09. The Morgan fingerprint density at radius 2 is 1.60 bits per heavy atom. The lowest BCUT2D eigenvalue weighted by molar-refractivity contribution is 0.0945. The van der Waals surface area contributed by atoms with Gasteiger partial charge in [0, 0.05) is 32.7 Å². The van der Waals surface area contributed by atoms with Gasteiger partial charge in [-0.05, 0) is 24.9 Å². The molecule has 3 nitrogen and oxygen atoms in total. The van der Waals surface area contributed by atoms with Crippen molar-refractivity contribution in [3.8, 4) is 0 Å². The zero-order valence-electron chi connectivity index (χ0n) is 10.6. The van der Waals surface area contributed by atoms with Crippen molar-refractivity contribution in [2.75, 3.05) is 45.8 Å². The fraction of sp³-hybridized carbons (Fsp3) is 1.00. The highest BCUT2D eigenvalue weighted by molar-refractivity contribution is 4.81. The van der Waals surface area contributed by atoms with Gasteiger partial charge in [0.15, 0.2) is 0 Å². The van der Waals surface area contributed by atoms with Crippen molar-refractivity contribution in [3.05, 3.63) is 0 Å². The van der Waals surface area contributed by atoms with E-state index in [1.165, 1.54) is 39.1 Å². The summed E-state index contributed by atoms with van der Waals surface area (Å²) in [6.07, 6.45) is 1.18.